The molecule has 2 atom stereocenters. The lowest BCUT2D eigenvalue weighted by Gasteiger charge is -2.27. The van der Waals surface area contributed by atoms with Crippen molar-refractivity contribution in [3.05, 3.63) is 0 Å². The van der Waals surface area contributed by atoms with Gasteiger partial charge in [-0.2, -0.15) is 0 Å². The van der Waals surface area contributed by atoms with Gasteiger partial charge in [0.25, 0.3) is 0 Å². The molecule has 6 heteroatoms. The van der Waals surface area contributed by atoms with Gasteiger partial charge in [0.2, 0.25) is 10.0 Å². The molecule has 0 radical (unpaired) electrons. The maximum Gasteiger partial charge on any atom is 0.214 e. The van der Waals surface area contributed by atoms with E-state index in [1.165, 1.54) is 12.8 Å². The smallest absolute Gasteiger partial charge is 0.214 e. The Morgan fingerprint density at radius 2 is 1.67 bits per heavy atom. The molecule has 1 saturated carbocycles. The van der Waals surface area contributed by atoms with Crippen LogP contribution in [-0.2, 0) is 14.8 Å². The summed E-state index contributed by atoms with van der Waals surface area (Å²) in [6.45, 7) is 1.13. The highest BCUT2D eigenvalue weighted by Gasteiger charge is 2.32. The van der Waals surface area contributed by atoms with E-state index < -0.39 is 10.0 Å². The van der Waals surface area contributed by atoms with Crippen molar-refractivity contribution in [2.45, 2.75) is 61.1 Å². The van der Waals surface area contributed by atoms with E-state index in [0.29, 0.717) is 26.1 Å². The lowest BCUT2D eigenvalue weighted by molar-refractivity contribution is 0.0980. The van der Waals surface area contributed by atoms with Crippen LogP contribution in [0.25, 0.3) is 0 Å². The minimum atomic E-state index is -3.19. The summed E-state index contributed by atoms with van der Waals surface area (Å²) in [7, 11) is -3.19. The molecule has 2 fully saturated rings. The third-order valence-corrected chi connectivity index (χ3v) is 6.93. The Hall–Kier alpha value is 0.350. The summed E-state index contributed by atoms with van der Waals surface area (Å²) in [5.41, 5.74) is 0. The van der Waals surface area contributed by atoms with Crippen LogP contribution in [0.5, 0.6) is 0 Å². The van der Waals surface area contributed by atoms with E-state index in [0.717, 1.165) is 19.3 Å². The van der Waals surface area contributed by atoms with E-state index in [9.17, 15) is 8.42 Å². The third kappa shape index (κ3) is 3.92. The Balaban J connectivity index is 1.97. The number of hydrogen-bond acceptors (Lipinski definition) is 3. The Morgan fingerprint density at radius 1 is 1.00 bits per heavy atom. The molecule has 106 valence electrons. The fourth-order valence-corrected chi connectivity index (χ4v) is 5.29. The van der Waals surface area contributed by atoms with Crippen molar-refractivity contribution in [3.63, 3.8) is 0 Å². The zero-order valence-electron chi connectivity index (χ0n) is 10.6. The van der Waals surface area contributed by atoms with Gasteiger partial charge in [-0.25, -0.2) is 13.1 Å². The van der Waals surface area contributed by atoms with Crippen LogP contribution in [0.2, 0.25) is 0 Å². The predicted molar refractivity (Wildman–Crippen MR) is 75.5 cm³/mol. The van der Waals surface area contributed by atoms with E-state index in [1.807, 2.05) is 0 Å². The SMILES string of the molecule is O=S(=O)(NC1CCCCCC1Br)C1CCOCC1. The average Bonchev–Trinajstić information content (AvgIpc) is 2.56. The Labute approximate surface area is 118 Å². The summed E-state index contributed by atoms with van der Waals surface area (Å²) in [5, 5.41) is -0.269. The third-order valence-electron chi connectivity index (χ3n) is 3.85. The molecule has 0 bridgehead atoms. The van der Waals surface area contributed by atoms with Crippen LogP contribution in [0.4, 0.5) is 0 Å². The van der Waals surface area contributed by atoms with Crippen LogP contribution in [-0.4, -0.2) is 37.8 Å². The number of halogens is 1. The molecule has 0 amide bonds. The largest absolute Gasteiger partial charge is 0.381 e. The average molecular weight is 340 g/mol. The van der Waals surface area contributed by atoms with Crippen LogP contribution in [0, 0.1) is 0 Å². The summed E-state index contributed by atoms with van der Waals surface area (Å²) in [6.07, 6.45) is 6.75. The molecule has 0 aromatic heterocycles. The minimum absolute atomic E-state index is 0.0559. The van der Waals surface area contributed by atoms with Gasteiger partial charge in [0.05, 0.1) is 5.25 Å². The molecule has 1 saturated heterocycles. The summed E-state index contributed by atoms with van der Waals surface area (Å²) in [6, 6.07) is 0.0559. The van der Waals surface area contributed by atoms with Crippen molar-refractivity contribution >= 4 is 26.0 Å². The molecule has 1 N–H and O–H groups in total. The second-order valence-corrected chi connectivity index (χ2v) is 8.40. The maximum atomic E-state index is 12.3. The molecule has 18 heavy (non-hydrogen) atoms. The number of sulfonamides is 1. The van der Waals surface area contributed by atoms with Crippen molar-refractivity contribution in [1.82, 2.24) is 4.72 Å². The number of alkyl halides is 1. The molecule has 1 heterocycles. The normalized spacial score (nSPS) is 32.1. The van der Waals surface area contributed by atoms with E-state index in [-0.39, 0.29) is 16.1 Å². The summed E-state index contributed by atoms with van der Waals surface area (Å²) in [5.74, 6) is 0. The second-order valence-electron chi connectivity index (χ2n) is 5.24. The van der Waals surface area contributed by atoms with Gasteiger partial charge >= 0.3 is 0 Å². The summed E-state index contributed by atoms with van der Waals surface area (Å²) >= 11 is 3.63. The van der Waals surface area contributed by atoms with Gasteiger partial charge in [-0.15, -0.1) is 0 Å². The van der Waals surface area contributed by atoms with Crippen molar-refractivity contribution < 1.29 is 13.2 Å². The number of nitrogens with one attached hydrogen (secondary N) is 1. The first-order valence-corrected chi connectivity index (χ1v) is 9.29. The zero-order chi connectivity index (χ0) is 13.0. The molecule has 1 aliphatic carbocycles. The van der Waals surface area contributed by atoms with E-state index in [2.05, 4.69) is 20.7 Å². The maximum absolute atomic E-state index is 12.3. The number of hydrogen-bond donors (Lipinski definition) is 1. The van der Waals surface area contributed by atoms with Crippen molar-refractivity contribution in [2.75, 3.05) is 13.2 Å². The van der Waals surface area contributed by atoms with Gasteiger partial charge in [-0.05, 0) is 25.7 Å². The van der Waals surface area contributed by atoms with Gasteiger partial charge < -0.3 is 4.74 Å². The zero-order valence-corrected chi connectivity index (χ0v) is 13.0. The molecule has 4 nitrogen and oxygen atoms in total. The van der Waals surface area contributed by atoms with Crippen LogP contribution >= 0.6 is 15.9 Å². The predicted octanol–water partition coefficient (Wildman–Crippen LogP) is 2.18. The molecule has 0 spiro atoms. The van der Waals surface area contributed by atoms with Gasteiger partial charge in [0, 0.05) is 24.1 Å². The molecule has 2 unspecified atom stereocenters. The van der Waals surface area contributed by atoms with E-state index >= 15 is 0 Å². The first-order valence-electron chi connectivity index (χ1n) is 6.82. The minimum Gasteiger partial charge on any atom is -0.381 e. The number of ether oxygens (including phenoxy) is 1. The fourth-order valence-electron chi connectivity index (χ4n) is 2.69. The van der Waals surface area contributed by atoms with Crippen LogP contribution in [0.1, 0.15) is 44.9 Å². The lowest BCUT2D eigenvalue weighted by atomic mass is 10.1. The van der Waals surface area contributed by atoms with Crippen molar-refractivity contribution in [2.24, 2.45) is 0 Å². The highest BCUT2D eigenvalue weighted by atomic mass is 79.9. The lowest BCUT2D eigenvalue weighted by Crippen LogP contribution is -2.46. The Bertz CT molecular complexity index is 354. The monoisotopic (exact) mass is 339 g/mol. The molecule has 1 aliphatic heterocycles. The van der Waals surface area contributed by atoms with Crippen molar-refractivity contribution in [1.29, 1.82) is 0 Å². The Kier molecular flexibility index (Phi) is 5.47. The van der Waals surface area contributed by atoms with E-state index in [4.69, 9.17) is 4.74 Å². The van der Waals surface area contributed by atoms with Gasteiger partial charge in [0.15, 0.2) is 0 Å². The van der Waals surface area contributed by atoms with E-state index in [1.54, 1.807) is 0 Å². The standard InChI is InChI=1S/C12H22BrNO3S/c13-11-4-2-1-3-5-12(11)14-18(15,16)10-6-8-17-9-7-10/h10-12,14H,1-9H2. The molecule has 2 aliphatic rings. The first-order chi connectivity index (χ1) is 8.59. The molecular weight excluding hydrogens is 318 g/mol. The van der Waals surface area contributed by atoms with Crippen molar-refractivity contribution in [3.8, 4) is 0 Å². The highest BCUT2D eigenvalue weighted by Crippen LogP contribution is 2.25. The quantitative estimate of drug-likeness (QED) is 0.633. The molecule has 0 aromatic carbocycles. The molecule has 0 aromatic rings. The fraction of sp³-hybridized carbons (Fsp3) is 1.00. The van der Waals surface area contributed by atoms with Gasteiger partial charge in [-0.3, -0.25) is 0 Å². The molecule has 2 rings (SSSR count). The van der Waals surface area contributed by atoms with Gasteiger partial charge in [-0.1, -0.05) is 35.2 Å². The second kappa shape index (κ2) is 6.68. The number of rotatable bonds is 3. The summed E-state index contributed by atoms with van der Waals surface area (Å²) < 4.78 is 32.8. The van der Waals surface area contributed by atoms with Crippen LogP contribution in [0.15, 0.2) is 0 Å². The highest BCUT2D eigenvalue weighted by molar-refractivity contribution is 9.09. The Morgan fingerprint density at radius 3 is 2.39 bits per heavy atom. The first kappa shape index (κ1) is 14.8. The molecular formula is C12H22BrNO3S. The topological polar surface area (TPSA) is 55.4 Å². The summed E-state index contributed by atoms with van der Waals surface area (Å²) in [4.78, 5) is 0.273. The van der Waals surface area contributed by atoms with Crippen LogP contribution in [0.3, 0.4) is 0 Å². The van der Waals surface area contributed by atoms with Gasteiger partial charge in [0.1, 0.15) is 0 Å². The van der Waals surface area contributed by atoms with Crippen LogP contribution < -0.4 is 4.72 Å².